The fraction of sp³-hybridized carbons (Fsp3) is 0.294. The molecule has 3 rings (SSSR count). The molecule has 0 aliphatic carbocycles. The standard InChI is InChI=1S/C17H18ClN3O2S/c1-10(8-23-2)21-7-14(22)15(16(21)19)17-20-13(9-24-17)11-3-5-12(18)6-4-11/h3-6,9-10,19,22H,7-8H2,1-2H3. The molecule has 0 amide bonds. The number of aliphatic hydroxyl groups is 1. The van der Waals surface area contributed by atoms with Gasteiger partial charge in [0.1, 0.15) is 16.6 Å². The summed E-state index contributed by atoms with van der Waals surface area (Å²) in [5, 5.41) is 22.0. The van der Waals surface area contributed by atoms with E-state index >= 15 is 0 Å². The van der Waals surface area contributed by atoms with Gasteiger partial charge < -0.3 is 14.7 Å². The van der Waals surface area contributed by atoms with Crippen molar-refractivity contribution in [3.8, 4) is 11.3 Å². The molecule has 0 spiro atoms. The van der Waals surface area contributed by atoms with Gasteiger partial charge in [-0.1, -0.05) is 23.7 Å². The van der Waals surface area contributed by atoms with E-state index in [9.17, 15) is 5.11 Å². The zero-order valence-corrected chi connectivity index (χ0v) is 15.0. The van der Waals surface area contributed by atoms with E-state index in [1.54, 1.807) is 7.11 Å². The van der Waals surface area contributed by atoms with Gasteiger partial charge in [0.05, 0.1) is 30.5 Å². The highest BCUT2D eigenvalue weighted by Crippen LogP contribution is 2.33. The summed E-state index contributed by atoms with van der Waals surface area (Å²) >= 11 is 7.34. The number of aliphatic hydroxyl groups excluding tert-OH is 1. The van der Waals surface area contributed by atoms with Gasteiger partial charge in [0.15, 0.2) is 0 Å². The van der Waals surface area contributed by atoms with Crippen molar-refractivity contribution in [3.05, 3.63) is 45.4 Å². The molecule has 7 heteroatoms. The summed E-state index contributed by atoms with van der Waals surface area (Å²) in [6.07, 6.45) is 0. The summed E-state index contributed by atoms with van der Waals surface area (Å²) < 4.78 is 5.15. The third-order valence-electron chi connectivity index (χ3n) is 3.93. The Hall–Kier alpha value is -1.89. The van der Waals surface area contributed by atoms with Crippen molar-refractivity contribution >= 4 is 34.3 Å². The summed E-state index contributed by atoms with van der Waals surface area (Å²) in [5.74, 6) is 0.467. The van der Waals surface area contributed by atoms with Gasteiger partial charge in [-0.05, 0) is 19.1 Å². The van der Waals surface area contributed by atoms with E-state index in [0.29, 0.717) is 28.8 Å². The van der Waals surface area contributed by atoms with Crippen LogP contribution in [0, 0.1) is 5.41 Å². The molecule has 1 unspecified atom stereocenters. The third-order valence-corrected chi connectivity index (χ3v) is 5.04. The van der Waals surface area contributed by atoms with Crippen LogP contribution in [0.15, 0.2) is 35.4 Å². The Morgan fingerprint density at radius 2 is 2.12 bits per heavy atom. The van der Waals surface area contributed by atoms with Crippen LogP contribution in [0.25, 0.3) is 16.8 Å². The van der Waals surface area contributed by atoms with E-state index in [2.05, 4.69) is 4.98 Å². The summed E-state index contributed by atoms with van der Waals surface area (Å²) in [6.45, 7) is 2.78. The Kier molecular flexibility index (Phi) is 4.89. The molecule has 0 fully saturated rings. The maximum atomic E-state index is 10.3. The average Bonchev–Trinajstić information content (AvgIpc) is 3.13. The van der Waals surface area contributed by atoms with Gasteiger partial charge in [0, 0.05) is 23.1 Å². The molecule has 1 aliphatic heterocycles. The van der Waals surface area contributed by atoms with Crippen molar-refractivity contribution < 1.29 is 9.84 Å². The summed E-state index contributed by atoms with van der Waals surface area (Å²) in [5.41, 5.74) is 2.27. The van der Waals surface area contributed by atoms with Crippen LogP contribution in [0.5, 0.6) is 0 Å². The summed E-state index contributed by atoms with van der Waals surface area (Å²) in [7, 11) is 1.63. The van der Waals surface area contributed by atoms with Crippen molar-refractivity contribution in [1.82, 2.24) is 9.88 Å². The molecule has 2 heterocycles. The van der Waals surface area contributed by atoms with Gasteiger partial charge in [-0.3, -0.25) is 5.41 Å². The fourth-order valence-electron chi connectivity index (χ4n) is 2.67. The van der Waals surface area contributed by atoms with Crippen molar-refractivity contribution in [2.75, 3.05) is 20.3 Å². The van der Waals surface area contributed by atoms with Crippen molar-refractivity contribution in [2.45, 2.75) is 13.0 Å². The first-order valence-electron chi connectivity index (χ1n) is 7.49. The number of nitrogens with one attached hydrogen (secondary N) is 1. The predicted octanol–water partition coefficient (Wildman–Crippen LogP) is 4.06. The number of methoxy groups -OCH3 is 1. The molecule has 0 saturated carbocycles. The highest BCUT2D eigenvalue weighted by atomic mass is 35.5. The summed E-state index contributed by atoms with van der Waals surface area (Å²) in [4.78, 5) is 6.41. The Balaban J connectivity index is 1.86. The van der Waals surface area contributed by atoms with E-state index in [1.165, 1.54) is 11.3 Å². The second kappa shape index (κ2) is 6.93. The van der Waals surface area contributed by atoms with Crippen molar-refractivity contribution in [1.29, 1.82) is 5.41 Å². The lowest BCUT2D eigenvalue weighted by Gasteiger charge is -2.25. The van der Waals surface area contributed by atoms with Crippen LogP contribution in [0.3, 0.4) is 0 Å². The number of benzene rings is 1. The largest absolute Gasteiger partial charge is 0.510 e. The number of halogens is 1. The molecule has 126 valence electrons. The molecular formula is C17H18ClN3O2S. The lowest BCUT2D eigenvalue weighted by atomic mass is 10.2. The molecule has 1 aromatic heterocycles. The molecule has 2 aromatic rings. The number of amidine groups is 1. The Labute approximate surface area is 149 Å². The zero-order chi connectivity index (χ0) is 17.3. The van der Waals surface area contributed by atoms with Crippen LogP contribution in [-0.4, -0.2) is 47.1 Å². The van der Waals surface area contributed by atoms with Crippen LogP contribution in [-0.2, 0) is 4.74 Å². The Morgan fingerprint density at radius 1 is 1.42 bits per heavy atom. The number of nitrogens with zero attached hydrogens (tertiary/aromatic N) is 2. The smallest absolute Gasteiger partial charge is 0.135 e. The van der Waals surface area contributed by atoms with Crippen LogP contribution >= 0.6 is 22.9 Å². The first-order valence-corrected chi connectivity index (χ1v) is 8.75. The van der Waals surface area contributed by atoms with E-state index in [-0.39, 0.29) is 17.6 Å². The molecule has 1 aromatic carbocycles. The maximum Gasteiger partial charge on any atom is 0.135 e. The number of hydrogen-bond donors (Lipinski definition) is 2. The maximum absolute atomic E-state index is 10.3. The second-order valence-corrected chi connectivity index (χ2v) is 6.94. The number of thiazole rings is 1. The highest BCUT2D eigenvalue weighted by Gasteiger charge is 2.32. The highest BCUT2D eigenvalue weighted by molar-refractivity contribution is 7.11. The Morgan fingerprint density at radius 3 is 2.79 bits per heavy atom. The van der Waals surface area contributed by atoms with Crippen molar-refractivity contribution in [2.24, 2.45) is 0 Å². The monoisotopic (exact) mass is 363 g/mol. The predicted molar refractivity (Wildman–Crippen MR) is 97.9 cm³/mol. The Bertz CT molecular complexity index is 785. The molecule has 1 aliphatic rings. The van der Waals surface area contributed by atoms with E-state index in [0.717, 1.165) is 11.3 Å². The van der Waals surface area contributed by atoms with E-state index in [1.807, 2.05) is 41.5 Å². The minimum atomic E-state index is 0.0119. The van der Waals surface area contributed by atoms with Crippen LogP contribution in [0.1, 0.15) is 11.9 Å². The average molecular weight is 364 g/mol. The first kappa shape index (κ1) is 17.0. The fourth-order valence-corrected chi connectivity index (χ4v) is 3.70. The zero-order valence-electron chi connectivity index (χ0n) is 13.4. The lowest BCUT2D eigenvalue weighted by molar-refractivity contribution is 0.137. The SMILES string of the molecule is COCC(C)N1CC(O)=C(c2nc(-c3ccc(Cl)cc3)cs2)C1=N. The van der Waals surface area contributed by atoms with Crippen LogP contribution < -0.4 is 0 Å². The molecule has 1 atom stereocenters. The second-order valence-electron chi connectivity index (χ2n) is 5.65. The number of ether oxygens (including phenoxy) is 1. The normalized spacial score (nSPS) is 16.1. The van der Waals surface area contributed by atoms with Crippen LogP contribution in [0.2, 0.25) is 5.02 Å². The third kappa shape index (κ3) is 3.17. The summed E-state index contributed by atoms with van der Waals surface area (Å²) in [6, 6.07) is 7.46. The minimum Gasteiger partial charge on any atom is -0.510 e. The topological polar surface area (TPSA) is 69.4 Å². The lowest BCUT2D eigenvalue weighted by Crippen LogP contribution is -2.38. The van der Waals surface area contributed by atoms with Crippen molar-refractivity contribution in [3.63, 3.8) is 0 Å². The molecule has 24 heavy (non-hydrogen) atoms. The molecule has 0 bridgehead atoms. The first-order chi connectivity index (χ1) is 11.5. The van der Waals surface area contributed by atoms with Gasteiger partial charge in [-0.25, -0.2) is 4.98 Å². The van der Waals surface area contributed by atoms with E-state index in [4.69, 9.17) is 21.7 Å². The molecular weight excluding hydrogens is 346 g/mol. The quantitative estimate of drug-likeness (QED) is 0.840. The molecule has 5 nitrogen and oxygen atoms in total. The van der Waals surface area contributed by atoms with Gasteiger partial charge >= 0.3 is 0 Å². The van der Waals surface area contributed by atoms with Gasteiger partial charge in [0.25, 0.3) is 0 Å². The van der Waals surface area contributed by atoms with Crippen LogP contribution in [0.4, 0.5) is 0 Å². The molecule has 0 radical (unpaired) electrons. The number of aromatic nitrogens is 1. The van der Waals surface area contributed by atoms with E-state index < -0.39 is 0 Å². The minimum absolute atomic E-state index is 0.0119. The number of rotatable bonds is 5. The van der Waals surface area contributed by atoms with Gasteiger partial charge in [-0.15, -0.1) is 11.3 Å². The number of hydrogen-bond acceptors (Lipinski definition) is 5. The van der Waals surface area contributed by atoms with Gasteiger partial charge in [-0.2, -0.15) is 0 Å². The molecule has 2 N–H and O–H groups in total. The van der Waals surface area contributed by atoms with Gasteiger partial charge in [0.2, 0.25) is 0 Å². The molecule has 0 saturated heterocycles.